The minimum atomic E-state index is -0.104. The van der Waals surface area contributed by atoms with Gasteiger partial charge in [0.05, 0.1) is 12.0 Å². The standard InChI is InChI=1S/C12H17NO/c1-9(2)12(3)8-11(14)13(12)10-6-4-5-7-10/h6H,1,4-5,7-8H2,2-3H3. The normalized spacial score (nSPS) is 31.4. The molecule has 0 radical (unpaired) electrons. The van der Waals surface area contributed by atoms with Gasteiger partial charge in [0.15, 0.2) is 0 Å². The van der Waals surface area contributed by atoms with Gasteiger partial charge >= 0.3 is 0 Å². The summed E-state index contributed by atoms with van der Waals surface area (Å²) in [5.41, 5.74) is 2.20. The van der Waals surface area contributed by atoms with Gasteiger partial charge in [-0.1, -0.05) is 18.2 Å². The first-order valence-corrected chi connectivity index (χ1v) is 5.24. The van der Waals surface area contributed by atoms with Crippen molar-refractivity contribution in [3.63, 3.8) is 0 Å². The third kappa shape index (κ3) is 1.13. The summed E-state index contributed by atoms with van der Waals surface area (Å²) in [5, 5.41) is 0. The van der Waals surface area contributed by atoms with Crippen LogP contribution in [-0.2, 0) is 4.79 Å². The molecule has 2 aliphatic rings. The molecule has 14 heavy (non-hydrogen) atoms. The molecule has 1 fully saturated rings. The number of rotatable bonds is 2. The van der Waals surface area contributed by atoms with Gasteiger partial charge in [0.1, 0.15) is 0 Å². The van der Waals surface area contributed by atoms with Crippen LogP contribution < -0.4 is 0 Å². The summed E-state index contributed by atoms with van der Waals surface area (Å²) in [7, 11) is 0. The number of hydrogen-bond donors (Lipinski definition) is 0. The van der Waals surface area contributed by atoms with Gasteiger partial charge in [0.2, 0.25) is 5.91 Å². The number of nitrogens with zero attached hydrogens (tertiary/aromatic N) is 1. The molecule has 1 aliphatic heterocycles. The first-order chi connectivity index (χ1) is 6.55. The van der Waals surface area contributed by atoms with Crippen LogP contribution in [0.25, 0.3) is 0 Å². The van der Waals surface area contributed by atoms with Crippen LogP contribution in [0.4, 0.5) is 0 Å². The molecule has 0 aromatic carbocycles. The molecule has 0 aromatic rings. The van der Waals surface area contributed by atoms with E-state index >= 15 is 0 Å². The van der Waals surface area contributed by atoms with Crippen molar-refractivity contribution in [1.82, 2.24) is 4.90 Å². The van der Waals surface area contributed by atoms with E-state index in [0.717, 1.165) is 18.4 Å². The number of allylic oxidation sites excluding steroid dienone is 2. The lowest BCUT2D eigenvalue weighted by Gasteiger charge is -2.51. The second-order valence-corrected chi connectivity index (χ2v) is 4.55. The predicted octanol–water partition coefficient (Wildman–Crippen LogP) is 2.62. The highest BCUT2D eigenvalue weighted by molar-refractivity contribution is 5.88. The van der Waals surface area contributed by atoms with E-state index in [4.69, 9.17) is 0 Å². The molecular formula is C12H17NO. The van der Waals surface area contributed by atoms with Gasteiger partial charge in [-0.2, -0.15) is 0 Å². The topological polar surface area (TPSA) is 20.3 Å². The fourth-order valence-electron chi connectivity index (χ4n) is 2.31. The van der Waals surface area contributed by atoms with E-state index in [9.17, 15) is 4.79 Å². The summed E-state index contributed by atoms with van der Waals surface area (Å²) in [6.45, 7) is 8.10. The monoisotopic (exact) mass is 191 g/mol. The van der Waals surface area contributed by atoms with Gasteiger partial charge in [-0.3, -0.25) is 4.79 Å². The fraction of sp³-hybridized carbons (Fsp3) is 0.583. The van der Waals surface area contributed by atoms with Crippen molar-refractivity contribution in [2.75, 3.05) is 0 Å². The van der Waals surface area contributed by atoms with E-state index in [2.05, 4.69) is 19.6 Å². The zero-order chi connectivity index (χ0) is 10.3. The SMILES string of the molecule is C=C(C)C1(C)CC(=O)N1C1=CCCC1. The van der Waals surface area contributed by atoms with Gasteiger partial charge < -0.3 is 4.90 Å². The Labute approximate surface area is 85.3 Å². The van der Waals surface area contributed by atoms with Crippen molar-refractivity contribution in [2.24, 2.45) is 0 Å². The summed E-state index contributed by atoms with van der Waals surface area (Å²) in [5.74, 6) is 0.253. The van der Waals surface area contributed by atoms with Gasteiger partial charge in [0, 0.05) is 5.70 Å². The van der Waals surface area contributed by atoms with E-state index in [1.165, 1.54) is 12.1 Å². The highest BCUT2D eigenvalue weighted by Crippen LogP contribution is 2.42. The maximum atomic E-state index is 11.6. The van der Waals surface area contributed by atoms with E-state index in [1.807, 2.05) is 11.8 Å². The predicted molar refractivity (Wildman–Crippen MR) is 56.6 cm³/mol. The van der Waals surface area contributed by atoms with Gasteiger partial charge in [0.25, 0.3) is 0 Å². The number of hydrogen-bond acceptors (Lipinski definition) is 1. The largest absolute Gasteiger partial charge is 0.306 e. The van der Waals surface area contributed by atoms with Crippen LogP contribution in [0.3, 0.4) is 0 Å². The molecule has 0 N–H and O–H groups in total. The van der Waals surface area contributed by atoms with Crippen LogP contribution in [0, 0.1) is 0 Å². The Balaban J connectivity index is 2.24. The number of carbonyl (C=O) groups is 1. The van der Waals surface area contributed by atoms with E-state index in [-0.39, 0.29) is 11.4 Å². The number of likely N-dealkylation sites (tertiary alicyclic amines) is 1. The second-order valence-electron chi connectivity index (χ2n) is 4.55. The first kappa shape index (κ1) is 9.50. The smallest absolute Gasteiger partial charge is 0.230 e. The van der Waals surface area contributed by atoms with E-state index in [1.54, 1.807) is 0 Å². The summed E-state index contributed by atoms with van der Waals surface area (Å²) in [6.07, 6.45) is 6.17. The van der Waals surface area contributed by atoms with Crippen molar-refractivity contribution < 1.29 is 4.79 Å². The molecule has 1 aliphatic carbocycles. The minimum absolute atomic E-state index is 0.104. The molecule has 1 unspecified atom stereocenters. The van der Waals surface area contributed by atoms with E-state index in [0.29, 0.717) is 6.42 Å². The lowest BCUT2D eigenvalue weighted by atomic mass is 9.79. The van der Waals surface area contributed by atoms with E-state index < -0.39 is 0 Å². The molecule has 0 spiro atoms. The Morgan fingerprint density at radius 2 is 2.36 bits per heavy atom. The zero-order valence-corrected chi connectivity index (χ0v) is 8.97. The van der Waals surface area contributed by atoms with Crippen molar-refractivity contribution in [1.29, 1.82) is 0 Å². The minimum Gasteiger partial charge on any atom is -0.306 e. The molecule has 0 bridgehead atoms. The molecular weight excluding hydrogens is 174 g/mol. The van der Waals surface area contributed by atoms with Crippen molar-refractivity contribution in [3.05, 3.63) is 23.9 Å². The van der Waals surface area contributed by atoms with Crippen molar-refractivity contribution in [2.45, 2.75) is 45.1 Å². The highest BCUT2D eigenvalue weighted by atomic mass is 16.2. The molecule has 0 saturated carbocycles. The zero-order valence-electron chi connectivity index (χ0n) is 8.97. The third-order valence-electron chi connectivity index (χ3n) is 3.46. The van der Waals surface area contributed by atoms with Gasteiger partial charge in [-0.05, 0) is 33.1 Å². The molecule has 1 amide bonds. The summed E-state index contributed by atoms with van der Waals surface area (Å²) < 4.78 is 0. The molecule has 1 heterocycles. The van der Waals surface area contributed by atoms with Gasteiger partial charge in [-0.15, -0.1) is 0 Å². The summed E-state index contributed by atoms with van der Waals surface area (Å²) in [4.78, 5) is 13.5. The molecule has 76 valence electrons. The second kappa shape index (κ2) is 2.97. The Morgan fingerprint density at radius 1 is 1.64 bits per heavy atom. The number of amides is 1. The van der Waals surface area contributed by atoms with Crippen LogP contribution in [0.15, 0.2) is 23.9 Å². The number of carbonyl (C=O) groups excluding carboxylic acids is 1. The number of β-lactam (4-membered cyclic amide) rings is 1. The van der Waals surface area contributed by atoms with Crippen LogP contribution >= 0.6 is 0 Å². The van der Waals surface area contributed by atoms with Gasteiger partial charge in [-0.25, -0.2) is 0 Å². The maximum Gasteiger partial charge on any atom is 0.230 e. The fourth-order valence-corrected chi connectivity index (χ4v) is 2.31. The highest BCUT2D eigenvalue weighted by Gasteiger charge is 2.49. The molecule has 2 nitrogen and oxygen atoms in total. The van der Waals surface area contributed by atoms with Crippen LogP contribution in [0.5, 0.6) is 0 Å². The Morgan fingerprint density at radius 3 is 2.79 bits per heavy atom. The molecule has 1 saturated heterocycles. The third-order valence-corrected chi connectivity index (χ3v) is 3.46. The van der Waals surface area contributed by atoms with Crippen LogP contribution in [0.2, 0.25) is 0 Å². The maximum absolute atomic E-state index is 11.6. The Kier molecular flexibility index (Phi) is 2.02. The Hall–Kier alpha value is -1.05. The van der Waals surface area contributed by atoms with Crippen molar-refractivity contribution in [3.8, 4) is 0 Å². The van der Waals surface area contributed by atoms with Crippen LogP contribution in [0.1, 0.15) is 39.5 Å². The van der Waals surface area contributed by atoms with Crippen molar-refractivity contribution >= 4 is 5.91 Å². The molecule has 2 heteroatoms. The summed E-state index contributed by atoms with van der Waals surface area (Å²) in [6, 6.07) is 0. The average molecular weight is 191 g/mol. The lowest BCUT2D eigenvalue weighted by molar-refractivity contribution is -0.147. The molecule has 0 aromatic heterocycles. The first-order valence-electron chi connectivity index (χ1n) is 5.24. The molecule has 2 rings (SSSR count). The lowest BCUT2D eigenvalue weighted by Crippen LogP contribution is -2.61. The average Bonchev–Trinajstić information content (AvgIpc) is 2.55. The quantitative estimate of drug-likeness (QED) is 0.485. The molecule has 1 atom stereocenters. The van der Waals surface area contributed by atoms with Crippen LogP contribution in [-0.4, -0.2) is 16.3 Å². The Bertz CT molecular complexity index is 329. The summed E-state index contributed by atoms with van der Waals surface area (Å²) >= 11 is 0.